The Labute approximate surface area is 171 Å². The Morgan fingerprint density at radius 2 is 1.85 bits per heavy atom. The molecule has 0 aliphatic heterocycles. The fourth-order valence-electron chi connectivity index (χ4n) is 2.93. The van der Waals surface area contributed by atoms with Crippen LogP contribution < -0.4 is 10.6 Å². The molecule has 0 amide bonds. The van der Waals surface area contributed by atoms with Crippen molar-refractivity contribution in [1.82, 2.24) is 20.4 Å². The minimum atomic E-state index is 0. The first-order valence-electron chi connectivity index (χ1n) is 8.75. The van der Waals surface area contributed by atoms with E-state index in [4.69, 9.17) is 0 Å². The highest BCUT2D eigenvalue weighted by atomic mass is 127. The van der Waals surface area contributed by atoms with E-state index in [1.807, 2.05) is 16.9 Å². The van der Waals surface area contributed by atoms with E-state index in [0.717, 1.165) is 38.4 Å². The SMILES string of the molecule is CN=C(NCCCn1cccn1)NCCc1cccc2ccccc12.I. The minimum absolute atomic E-state index is 0. The van der Waals surface area contributed by atoms with Crippen molar-refractivity contribution in [2.24, 2.45) is 4.99 Å². The Bertz CT molecular complexity index is 809. The first kappa shape index (κ1) is 20.2. The highest BCUT2D eigenvalue weighted by molar-refractivity contribution is 14.0. The summed E-state index contributed by atoms with van der Waals surface area (Å²) >= 11 is 0. The van der Waals surface area contributed by atoms with Crippen LogP contribution in [0.3, 0.4) is 0 Å². The molecule has 0 saturated heterocycles. The van der Waals surface area contributed by atoms with Crippen molar-refractivity contribution in [1.29, 1.82) is 0 Å². The van der Waals surface area contributed by atoms with Gasteiger partial charge in [0.15, 0.2) is 5.96 Å². The van der Waals surface area contributed by atoms with Gasteiger partial charge in [-0.15, -0.1) is 24.0 Å². The summed E-state index contributed by atoms with van der Waals surface area (Å²) in [5.41, 5.74) is 1.36. The van der Waals surface area contributed by atoms with E-state index in [1.54, 1.807) is 13.2 Å². The normalized spacial score (nSPS) is 11.2. The molecule has 138 valence electrons. The molecule has 3 aromatic rings. The number of benzene rings is 2. The third kappa shape index (κ3) is 5.72. The third-order valence-corrected chi connectivity index (χ3v) is 4.21. The lowest BCUT2D eigenvalue weighted by Gasteiger charge is -2.12. The van der Waals surface area contributed by atoms with E-state index in [-0.39, 0.29) is 24.0 Å². The van der Waals surface area contributed by atoms with Gasteiger partial charge >= 0.3 is 0 Å². The number of halogens is 1. The third-order valence-electron chi connectivity index (χ3n) is 4.21. The van der Waals surface area contributed by atoms with Crippen molar-refractivity contribution in [3.63, 3.8) is 0 Å². The molecular formula is C20H26IN5. The molecule has 3 rings (SSSR count). The van der Waals surface area contributed by atoms with Gasteiger partial charge in [-0.3, -0.25) is 9.67 Å². The lowest BCUT2D eigenvalue weighted by molar-refractivity contribution is 0.570. The number of nitrogens with one attached hydrogen (secondary N) is 2. The van der Waals surface area contributed by atoms with Crippen LogP contribution in [0.1, 0.15) is 12.0 Å². The van der Waals surface area contributed by atoms with Gasteiger partial charge in [0.25, 0.3) is 0 Å². The van der Waals surface area contributed by atoms with E-state index in [9.17, 15) is 0 Å². The van der Waals surface area contributed by atoms with Gasteiger partial charge in [0.1, 0.15) is 0 Å². The summed E-state index contributed by atoms with van der Waals surface area (Å²) in [6, 6.07) is 17.0. The number of aromatic nitrogens is 2. The number of rotatable bonds is 7. The summed E-state index contributed by atoms with van der Waals surface area (Å²) in [7, 11) is 1.81. The molecule has 5 nitrogen and oxygen atoms in total. The van der Waals surface area contributed by atoms with Crippen LogP contribution in [0.2, 0.25) is 0 Å². The monoisotopic (exact) mass is 463 g/mol. The maximum Gasteiger partial charge on any atom is 0.190 e. The molecule has 1 aromatic heterocycles. The molecule has 6 heteroatoms. The highest BCUT2D eigenvalue weighted by Gasteiger charge is 2.02. The van der Waals surface area contributed by atoms with Crippen molar-refractivity contribution in [2.75, 3.05) is 20.1 Å². The number of hydrogen-bond donors (Lipinski definition) is 2. The second-order valence-corrected chi connectivity index (χ2v) is 5.94. The standard InChI is InChI=1S/C20H25N5.HI/c1-21-20(22-12-5-15-25-16-6-13-24-25)23-14-11-18-9-4-8-17-7-2-3-10-19(17)18;/h2-4,6-10,13,16H,5,11-12,14-15H2,1H3,(H2,21,22,23);1H. The molecule has 0 aliphatic carbocycles. The summed E-state index contributed by atoms with van der Waals surface area (Å²) in [4.78, 5) is 4.29. The quantitative estimate of drug-likeness (QED) is 0.244. The summed E-state index contributed by atoms with van der Waals surface area (Å²) in [6.45, 7) is 2.63. The van der Waals surface area contributed by atoms with Gasteiger partial charge in [-0.1, -0.05) is 42.5 Å². The Hall–Kier alpha value is -2.09. The second kappa shape index (κ2) is 10.8. The molecule has 0 spiro atoms. The van der Waals surface area contributed by atoms with Crippen LogP contribution in [0.15, 0.2) is 65.9 Å². The average molecular weight is 463 g/mol. The predicted octanol–water partition coefficient (Wildman–Crippen LogP) is 3.45. The van der Waals surface area contributed by atoms with Crippen molar-refractivity contribution < 1.29 is 0 Å². The van der Waals surface area contributed by atoms with Crippen LogP contribution in [0.4, 0.5) is 0 Å². The first-order valence-corrected chi connectivity index (χ1v) is 8.75. The summed E-state index contributed by atoms with van der Waals surface area (Å²) in [5.74, 6) is 0.848. The predicted molar refractivity (Wildman–Crippen MR) is 119 cm³/mol. The second-order valence-electron chi connectivity index (χ2n) is 5.94. The van der Waals surface area contributed by atoms with Crippen LogP contribution in [0.5, 0.6) is 0 Å². The Morgan fingerprint density at radius 3 is 2.65 bits per heavy atom. The van der Waals surface area contributed by atoms with Gasteiger partial charge in [-0.05, 0) is 35.2 Å². The molecule has 1 heterocycles. The molecule has 2 aromatic carbocycles. The van der Waals surface area contributed by atoms with Gasteiger partial charge in [-0.25, -0.2) is 0 Å². The number of nitrogens with zero attached hydrogens (tertiary/aromatic N) is 3. The van der Waals surface area contributed by atoms with Crippen molar-refractivity contribution in [3.05, 3.63) is 66.5 Å². The highest BCUT2D eigenvalue weighted by Crippen LogP contribution is 2.18. The van der Waals surface area contributed by atoms with E-state index in [0.29, 0.717) is 0 Å². The number of fused-ring (bicyclic) bond motifs is 1. The van der Waals surface area contributed by atoms with Gasteiger partial charge in [0.2, 0.25) is 0 Å². The lowest BCUT2D eigenvalue weighted by Crippen LogP contribution is -2.39. The van der Waals surface area contributed by atoms with E-state index in [2.05, 4.69) is 63.2 Å². The molecule has 0 unspecified atom stereocenters. The molecule has 0 aliphatic rings. The maximum atomic E-state index is 4.29. The number of aliphatic imine (C=N–C) groups is 1. The maximum absolute atomic E-state index is 4.29. The van der Waals surface area contributed by atoms with Crippen molar-refractivity contribution >= 4 is 40.7 Å². The molecule has 2 N–H and O–H groups in total. The topological polar surface area (TPSA) is 54.2 Å². The number of hydrogen-bond acceptors (Lipinski definition) is 2. The van der Waals surface area contributed by atoms with Crippen LogP contribution in [-0.2, 0) is 13.0 Å². The average Bonchev–Trinajstić information content (AvgIpc) is 3.17. The van der Waals surface area contributed by atoms with E-state index in [1.165, 1.54) is 16.3 Å². The fourth-order valence-corrected chi connectivity index (χ4v) is 2.93. The van der Waals surface area contributed by atoms with Gasteiger partial charge < -0.3 is 10.6 Å². The van der Waals surface area contributed by atoms with Crippen molar-refractivity contribution in [2.45, 2.75) is 19.4 Å². The Morgan fingerprint density at radius 1 is 1.04 bits per heavy atom. The van der Waals surface area contributed by atoms with Crippen LogP contribution in [0, 0.1) is 0 Å². The van der Waals surface area contributed by atoms with Gasteiger partial charge in [-0.2, -0.15) is 5.10 Å². The molecular weight excluding hydrogens is 437 g/mol. The fraction of sp³-hybridized carbons (Fsp3) is 0.300. The smallest absolute Gasteiger partial charge is 0.190 e. The Kier molecular flexibility index (Phi) is 8.40. The zero-order chi connectivity index (χ0) is 17.3. The van der Waals surface area contributed by atoms with Crippen LogP contribution in [0.25, 0.3) is 10.8 Å². The molecule has 0 radical (unpaired) electrons. The minimum Gasteiger partial charge on any atom is -0.356 e. The molecule has 0 atom stereocenters. The number of guanidine groups is 1. The number of aryl methyl sites for hydroxylation is 1. The van der Waals surface area contributed by atoms with E-state index < -0.39 is 0 Å². The molecule has 0 saturated carbocycles. The van der Waals surface area contributed by atoms with Crippen molar-refractivity contribution in [3.8, 4) is 0 Å². The zero-order valence-corrected chi connectivity index (χ0v) is 17.4. The van der Waals surface area contributed by atoms with Gasteiger partial charge in [0.05, 0.1) is 0 Å². The molecule has 0 bridgehead atoms. The summed E-state index contributed by atoms with van der Waals surface area (Å²) in [6.07, 6.45) is 5.76. The first-order chi connectivity index (χ1) is 12.4. The molecule has 0 fully saturated rings. The lowest BCUT2D eigenvalue weighted by atomic mass is 10.0. The molecule has 26 heavy (non-hydrogen) atoms. The summed E-state index contributed by atoms with van der Waals surface area (Å²) in [5, 5.41) is 13.6. The van der Waals surface area contributed by atoms with Gasteiger partial charge in [0, 0.05) is 39.1 Å². The van der Waals surface area contributed by atoms with Crippen LogP contribution >= 0.6 is 24.0 Å². The Balaban J connectivity index is 0.00000243. The van der Waals surface area contributed by atoms with E-state index >= 15 is 0 Å². The summed E-state index contributed by atoms with van der Waals surface area (Å²) < 4.78 is 1.94. The zero-order valence-electron chi connectivity index (χ0n) is 15.1. The largest absolute Gasteiger partial charge is 0.356 e. The van der Waals surface area contributed by atoms with Crippen LogP contribution in [-0.4, -0.2) is 35.9 Å².